The number of aliphatic hydroxyl groups is 1. The van der Waals surface area contributed by atoms with Crippen LogP contribution in [0.4, 0.5) is 11.9 Å². The number of likely N-dealkylation sites (tertiary alicyclic amines) is 2. The smallest absolute Gasteiger partial charge is 0.336 e. The minimum absolute atomic E-state index is 0.00456. The summed E-state index contributed by atoms with van der Waals surface area (Å²) in [7, 11) is 0. The molecule has 11 rings (SSSR count). The number of hydrogen-bond acceptors (Lipinski definition) is 16. The summed E-state index contributed by atoms with van der Waals surface area (Å²) in [6.07, 6.45) is 15.1. The Labute approximate surface area is 436 Å². The van der Waals surface area contributed by atoms with E-state index in [9.17, 15) is 28.8 Å². The highest BCUT2D eigenvalue weighted by atomic mass is 16.5. The first kappa shape index (κ1) is 46.2. The highest BCUT2D eigenvalue weighted by molar-refractivity contribution is 6.06. The first-order valence-corrected chi connectivity index (χ1v) is 26.2. The topological polar surface area (TPSA) is 264 Å². The number of nitrogens with zero attached hydrogens (tertiary/aromatic N) is 10. The highest BCUT2D eigenvalue weighted by Crippen LogP contribution is 2.57. The van der Waals surface area contributed by atoms with E-state index in [0.717, 1.165) is 44.9 Å². The van der Waals surface area contributed by atoms with E-state index in [1.165, 1.54) is 61.8 Å². The van der Waals surface area contributed by atoms with Crippen LogP contribution in [0.5, 0.6) is 0 Å². The summed E-state index contributed by atoms with van der Waals surface area (Å²) in [6.45, 7) is 6.00. The molecule has 9 fully saturated rings. The van der Waals surface area contributed by atoms with Gasteiger partial charge in [0.25, 0.3) is 0 Å². The third-order valence-electron chi connectivity index (χ3n) is 16.2. The van der Waals surface area contributed by atoms with Crippen molar-refractivity contribution in [2.24, 2.45) is 47.3 Å². The molecule has 0 spiro atoms. The maximum atomic E-state index is 12.8. The third-order valence-corrected chi connectivity index (χ3v) is 16.2. The van der Waals surface area contributed by atoms with Gasteiger partial charge in [-0.05, 0) is 132 Å². The Morgan fingerprint density at radius 1 is 0.616 bits per heavy atom. The predicted octanol–water partition coefficient (Wildman–Crippen LogP) is 2.84. The van der Waals surface area contributed by atoms with Gasteiger partial charge in [0.1, 0.15) is 0 Å². The van der Waals surface area contributed by atoms with Crippen molar-refractivity contribution in [2.75, 3.05) is 108 Å². The zero-order valence-electron chi connectivity index (χ0n) is 47.6. The second-order valence-corrected chi connectivity index (χ2v) is 20.8. The lowest BCUT2D eigenvalue weighted by molar-refractivity contribution is -0.170. The summed E-state index contributed by atoms with van der Waals surface area (Å²) in [5.41, 5.74) is -2.74. The van der Waals surface area contributed by atoms with Crippen LogP contribution in [0.25, 0.3) is 0 Å². The van der Waals surface area contributed by atoms with Crippen LogP contribution in [-0.2, 0) is 33.5 Å². The lowest BCUT2D eigenvalue weighted by atomic mass is 9.81. The first-order valence-electron chi connectivity index (χ1n) is 29.2. The zero-order chi connectivity index (χ0) is 56.8. The fraction of sp³-hybridized carbons (Fsp3) is 0.731. The maximum Gasteiger partial charge on any atom is 0.336 e. The van der Waals surface area contributed by atoms with Gasteiger partial charge >= 0.3 is 17.9 Å². The summed E-state index contributed by atoms with van der Waals surface area (Å²) < 4.78 is 54.1. The van der Waals surface area contributed by atoms with Crippen LogP contribution in [0.1, 0.15) is 98.1 Å². The third kappa shape index (κ3) is 13.5. The van der Waals surface area contributed by atoms with E-state index in [-0.39, 0.29) is 42.0 Å². The molecule has 7 heterocycles. The molecule has 0 aromatic carbocycles. The summed E-state index contributed by atoms with van der Waals surface area (Å²) in [6, 6.07) is 0.562. The minimum Gasteiger partial charge on any atom is -0.481 e. The van der Waals surface area contributed by atoms with Crippen molar-refractivity contribution in [3.8, 4) is 0 Å². The molecule has 4 aliphatic carbocycles. The van der Waals surface area contributed by atoms with Gasteiger partial charge in [-0.25, -0.2) is 24.7 Å². The molecule has 2 aromatic rings. The summed E-state index contributed by atoms with van der Waals surface area (Å²) >= 11 is 0. The molecule has 4 bridgehead atoms. The molecule has 73 heavy (non-hydrogen) atoms. The van der Waals surface area contributed by atoms with Crippen molar-refractivity contribution < 1.29 is 62.2 Å². The Balaban J connectivity index is 0.000000160. The molecule has 21 heteroatoms. The number of piperazine rings is 2. The van der Waals surface area contributed by atoms with Crippen LogP contribution in [0, 0.1) is 47.3 Å². The average molecular weight is 1020 g/mol. The van der Waals surface area contributed by atoms with Crippen molar-refractivity contribution >= 4 is 47.5 Å². The van der Waals surface area contributed by atoms with Gasteiger partial charge < -0.3 is 39.9 Å². The van der Waals surface area contributed by atoms with Crippen molar-refractivity contribution in [2.45, 2.75) is 95.5 Å². The highest BCUT2D eigenvalue weighted by Gasteiger charge is 2.60. The number of rotatable bonds is 17. The number of carbonyl (C=O) groups excluding carboxylic acids is 3. The summed E-state index contributed by atoms with van der Waals surface area (Å²) in [5, 5.41) is 33.8. The molecule has 3 amide bonds. The molecule has 9 aliphatic rings. The monoisotopic (exact) mass is 1020 g/mol. The Hall–Kier alpha value is -5.38. The SMILES string of the molecule is C1CCOC1.O=C(O)CC(O)(CC(=O)O)C(=O)O.[2H]c1cnc(N2CCN(C([2H])([2H])CCCN3C(=O)C4C5CCC(C5)C4C3=O)CC2)nc1.[2H]c1cnc(N2CCN(C([2H])([2H])CCCN3CC4C5CCC(C5)C4C3=O)CC2)nc1. The molecule has 8 unspecified atom stereocenters. The summed E-state index contributed by atoms with van der Waals surface area (Å²) in [4.78, 5) is 96.9. The lowest BCUT2D eigenvalue weighted by Gasteiger charge is -2.34. The van der Waals surface area contributed by atoms with E-state index in [2.05, 4.69) is 19.9 Å². The van der Waals surface area contributed by atoms with Crippen LogP contribution >= 0.6 is 0 Å². The zero-order valence-corrected chi connectivity index (χ0v) is 41.6. The van der Waals surface area contributed by atoms with Gasteiger partial charge in [-0.15, -0.1) is 0 Å². The van der Waals surface area contributed by atoms with E-state index in [1.54, 1.807) is 0 Å². The minimum atomic E-state index is -2.74. The second kappa shape index (κ2) is 25.2. The standard InChI is InChI=1S/C21H29N5O2.C21H31N5O.C6H8O7.C4H8O/c27-19-17-15-4-5-16(14-15)18(17)20(28)26(19)9-2-1-8-24-10-12-25(13-11-24)21-22-6-3-7-23-21;27-20-19-17-5-4-16(14-17)18(19)15-26(20)9-2-1-8-24-10-12-25(13-11-24)21-22-6-3-7-23-21;7-3(8)1-6(13,5(11)12)2-4(9)10;1-2-4-5-3-1/h3,6-7,15-18H,1-2,4-5,8-14H2;3,6-7,16-19H,1-2,4-5,8-15H2;13H,1-2H2,(H,7,8)(H,9,10)(H,11,12);1-4H2/i2*3D,8D2;;. The van der Waals surface area contributed by atoms with E-state index in [4.69, 9.17) is 33.4 Å². The normalized spacial score (nSPS) is 29.8. The van der Waals surface area contributed by atoms with Crippen molar-refractivity contribution in [3.05, 3.63) is 36.9 Å². The molecule has 400 valence electrons. The molecular weight excluding hydrogens is 941 g/mol. The van der Waals surface area contributed by atoms with Gasteiger partial charge in [0.05, 0.1) is 27.4 Å². The number of imide groups is 1. The van der Waals surface area contributed by atoms with Gasteiger partial charge in [-0.2, -0.15) is 0 Å². The van der Waals surface area contributed by atoms with Crippen LogP contribution in [-0.4, -0.2) is 199 Å². The molecular formula is C52H76N10O11. The fourth-order valence-corrected chi connectivity index (χ4v) is 12.7. The number of hydrogen-bond donors (Lipinski definition) is 4. The van der Waals surface area contributed by atoms with Gasteiger partial charge in [0, 0.05) is 121 Å². The number of carboxylic acid groups (broad SMARTS) is 3. The second-order valence-electron chi connectivity index (χ2n) is 20.8. The van der Waals surface area contributed by atoms with Crippen LogP contribution in [0.3, 0.4) is 0 Å². The molecule has 4 N–H and O–H groups in total. The molecule has 0 radical (unpaired) electrons. The van der Waals surface area contributed by atoms with Gasteiger partial charge in [-0.1, -0.05) is 0 Å². The quantitative estimate of drug-likeness (QED) is 0.166. The number of anilines is 2. The Kier molecular flexibility index (Phi) is 16.0. The van der Waals surface area contributed by atoms with Crippen molar-refractivity contribution in [3.63, 3.8) is 0 Å². The maximum absolute atomic E-state index is 12.8. The average Bonchev–Trinajstić information content (AvgIpc) is 4.49. The van der Waals surface area contributed by atoms with Gasteiger partial charge in [0.2, 0.25) is 29.6 Å². The number of fused-ring (bicyclic) bond motifs is 10. The molecule has 8 atom stereocenters. The van der Waals surface area contributed by atoms with E-state index >= 15 is 0 Å². The summed E-state index contributed by atoms with van der Waals surface area (Å²) in [5.74, 6) is -0.669. The predicted molar refractivity (Wildman–Crippen MR) is 266 cm³/mol. The molecule has 2 aromatic heterocycles. The number of amides is 3. The number of carbonyl (C=O) groups is 6. The van der Waals surface area contributed by atoms with Crippen LogP contribution in [0.2, 0.25) is 0 Å². The van der Waals surface area contributed by atoms with Crippen molar-refractivity contribution in [1.29, 1.82) is 0 Å². The van der Waals surface area contributed by atoms with E-state index in [1.807, 2.05) is 24.5 Å². The van der Waals surface area contributed by atoms with E-state index < -0.39 is 49.3 Å². The van der Waals surface area contributed by atoms with Crippen molar-refractivity contribution in [1.82, 2.24) is 39.5 Å². The number of carboxylic acids is 3. The van der Waals surface area contributed by atoms with Crippen LogP contribution < -0.4 is 9.80 Å². The first-order chi connectivity index (χ1) is 37.5. The van der Waals surface area contributed by atoms with Crippen LogP contribution in [0.15, 0.2) is 36.9 Å². The molecule has 4 saturated carbocycles. The lowest BCUT2D eigenvalue weighted by Crippen LogP contribution is -2.47. The Morgan fingerprint density at radius 3 is 1.48 bits per heavy atom. The van der Waals surface area contributed by atoms with Gasteiger partial charge in [-0.3, -0.25) is 38.7 Å². The Bertz CT molecular complexity index is 2420. The Morgan fingerprint density at radius 2 is 1.05 bits per heavy atom. The fourth-order valence-electron chi connectivity index (χ4n) is 12.7. The number of aliphatic carboxylic acids is 3. The molecule has 21 nitrogen and oxygen atoms in total. The van der Waals surface area contributed by atoms with Gasteiger partial charge in [0.15, 0.2) is 5.60 Å². The molecule has 5 saturated heterocycles. The van der Waals surface area contributed by atoms with E-state index in [0.29, 0.717) is 132 Å². The number of ether oxygens (including phenoxy) is 1. The number of aromatic nitrogens is 4. The molecule has 5 aliphatic heterocycles. The largest absolute Gasteiger partial charge is 0.481 e.